The van der Waals surface area contributed by atoms with E-state index in [0.29, 0.717) is 5.76 Å². The van der Waals surface area contributed by atoms with Crippen molar-refractivity contribution in [1.29, 1.82) is 0 Å². The number of hydrogen-bond donors (Lipinski definition) is 0. The zero-order valence-electron chi connectivity index (χ0n) is 8.16. The molecule has 0 unspecified atom stereocenters. The molecule has 0 radical (unpaired) electrons. The van der Waals surface area contributed by atoms with Gasteiger partial charge in [0.1, 0.15) is 11.6 Å². The number of aryl methyl sites for hydroxylation is 1. The Morgan fingerprint density at radius 3 is 2.33 bits per heavy atom. The van der Waals surface area contributed by atoms with Crippen molar-refractivity contribution in [3.05, 3.63) is 58.4 Å². The quantitative estimate of drug-likeness (QED) is 0.714. The minimum absolute atomic E-state index is 0.293. The Morgan fingerprint density at radius 1 is 1.07 bits per heavy atom. The summed E-state index contributed by atoms with van der Waals surface area (Å²) in [4.78, 5) is 11.1. The smallest absolute Gasteiger partial charge is 0.336 e. The van der Waals surface area contributed by atoms with E-state index in [1.807, 2.05) is 0 Å². The molecule has 2 nitrogen and oxygen atoms in total. The molecule has 76 valence electrons. The number of benzene rings is 1. The fourth-order valence-corrected chi connectivity index (χ4v) is 1.41. The Bertz CT molecular complexity index is 526. The molecule has 0 amide bonds. The third kappa shape index (κ3) is 2.13. The maximum absolute atomic E-state index is 12.7. The van der Waals surface area contributed by atoms with Crippen LogP contribution in [0.5, 0.6) is 0 Å². The Kier molecular flexibility index (Phi) is 2.37. The minimum atomic E-state index is -0.394. The van der Waals surface area contributed by atoms with E-state index < -0.39 is 5.63 Å². The van der Waals surface area contributed by atoms with Gasteiger partial charge in [0.15, 0.2) is 0 Å². The number of halogens is 1. The van der Waals surface area contributed by atoms with E-state index in [9.17, 15) is 9.18 Å². The number of hydrogen-bond acceptors (Lipinski definition) is 2. The van der Waals surface area contributed by atoms with Crippen LogP contribution in [0.15, 0.2) is 45.6 Å². The van der Waals surface area contributed by atoms with Crippen molar-refractivity contribution in [3.8, 4) is 11.1 Å². The molecule has 0 fully saturated rings. The summed E-state index contributed by atoms with van der Waals surface area (Å²) in [7, 11) is 0. The highest BCUT2D eigenvalue weighted by Gasteiger charge is 2.01. The highest BCUT2D eigenvalue weighted by molar-refractivity contribution is 5.62. The van der Waals surface area contributed by atoms with E-state index in [0.717, 1.165) is 11.1 Å². The highest BCUT2D eigenvalue weighted by Crippen LogP contribution is 2.18. The molecule has 1 heterocycles. The fourth-order valence-electron chi connectivity index (χ4n) is 1.41. The zero-order valence-corrected chi connectivity index (χ0v) is 8.16. The lowest BCUT2D eigenvalue weighted by Crippen LogP contribution is -1.98. The van der Waals surface area contributed by atoms with Crippen LogP contribution >= 0.6 is 0 Å². The van der Waals surface area contributed by atoms with Crippen molar-refractivity contribution in [3.63, 3.8) is 0 Å². The lowest BCUT2D eigenvalue weighted by molar-refractivity contribution is 0.481. The average Bonchev–Trinajstić information content (AvgIpc) is 2.17. The predicted octanol–water partition coefficient (Wildman–Crippen LogP) is 2.75. The van der Waals surface area contributed by atoms with Gasteiger partial charge >= 0.3 is 5.63 Å². The van der Waals surface area contributed by atoms with Crippen LogP contribution in [0.25, 0.3) is 11.1 Å². The maximum Gasteiger partial charge on any atom is 0.336 e. The Morgan fingerprint density at radius 2 is 1.73 bits per heavy atom. The van der Waals surface area contributed by atoms with Gasteiger partial charge in [0.05, 0.1) is 0 Å². The van der Waals surface area contributed by atoms with Gasteiger partial charge in [0.25, 0.3) is 0 Å². The summed E-state index contributed by atoms with van der Waals surface area (Å²) in [6.07, 6.45) is 0. The van der Waals surface area contributed by atoms with Crippen molar-refractivity contribution in [2.75, 3.05) is 0 Å². The van der Waals surface area contributed by atoms with Crippen molar-refractivity contribution in [1.82, 2.24) is 0 Å². The van der Waals surface area contributed by atoms with Crippen LogP contribution in [0.2, 0.25) is 0 Å². The van der Waals surface area contributed by atoms with Crippen LogP contribution in [0.3, 0.4) is 0 Å². The van der Waals surface area contributed by atoms with Crippen molar-refractivity contribution < 1.29 is 8.81 Å². The van der Waals surface area contributed by atoms with Crippen LogP contribution < -0.4 is 5.63 Å². The Labute approximate surface area is 86.0 Å². The van der Waals surface area contributed by atoms with Gasteiger partial charge in [0.2, 0.25) is 0 Å². The van der Waals surface area contributed by atoms with Crippen molar-refractivity contribution in [2.24, 2.45) is 0 Å². The minimum Gasteiger partial charge on any atom is -0.428 e. The third-order valence-electron chi connectivity index (χ3n) is 2.07. The summed E-state index contributed by atoms with van der Waals surface area (Å²) >= 11 is 0. The molecule has 0 aliphatic heterocycles. The average molecular weight is 204 g/mol. The molecule has 1 aromatic carbocycles. The molecular weight excluding hydrogens is 195 g/mol. The number of rotatable bonds is 1. The van der Waals surface area contributed by atoms with Crippen LogP contribution in [-0.4, -0.2) is 0 Å². The molecule has 0 aliphatic rings. The first-order valence-corrected chi connectivity index (χ1v) is 4.53. The Hall–Kier alpha value is -1.90. The molecule has 0 aliphatic carbocycles. The summed E-state index contributed by atoms with van der Waals surface area (Å²) < 4.78 is 17.5. The van der Waals surface area contributed by atoms with Crippen LogP contribution in [0, 0.1) is 12.7 Å². The molecule has 3 heteroatoms. The summed E-state index contributed by atoms with van der Waals surface area (Å²) in [6.45, 7) is 1.70. The molecule has 0 atom stereocenters. The molecule has 2 aromatic rings. The molecule has 0 N–H and O–H groups in total. The normalized spacial score (nSPS) is 10.3. The SMILES string of the molecule is Cc1cc(-c2ccc(F)cc2)cc(=O)o1. The van der Waals surface area contributed by atoms with Gasteiger partial charge in [0, 0.05) is 6.07 Å². The zero-order chi connectivity index (χ0) is 10.8. The van der Waals surface area contributed by atoms with E-state index in [4.69, 9.17) is 4.42 Å². The van der Waals surface area contributed by atoms with Gasteiger partial charge in [-0.25, -0.2) is 9.18 Å². The maximum atomic E-state index is 12.7. The van der Waals surface area contributed by atoms with Crippen molar-refractivity contribution >= 4 is 0 Å². The summed E-state index contributed by atoms with van der Waals surface area (Å²) in [5.41, 5.74) is 1.14. The monoisotopic (exact) mass is 204 g/mol. The second-order valence-corrected chi connectivity index (χ2v) is 3.28. The van der Waals surface area contributed by atoms with Gasteiger partial charge < -0.3 is 4.42 Å². The van der Waals surface area contributed by atoms with Gasteiger partial charge in [-0.3, -0.25) is 0 Å². The lowest BCUT2D eigenvalue weighted by atomic mass is 10.1. The molecule has 2 rings (SSSR count). The van der Waals surface area contributed by atoms with Crippen LogP contribution in [0.4, 0.5) is 4.39 Å². The molecule has 0 bridgehead atoms. The van der Waals surface area contributed by atoms with Gasteiger partial charge in [-0.05, 0) is 36.2 Å². The van der Waals surface area contributed by atoms with Crippen LogP contribution in [0.1, 0.15) is 5.76 Å². The molecule has 0 saturated carbocycles. The molecule has 15 heavy (non-hydrogen) atoms. The first-order chi connectivity index (χ1) is 7.15. The standard InChI is InChI=1S/C12H9FO2/c1-8-6-10(7-12(14)15-8)9-2-4-11(13)5-3-9/h2-7H,1H3. The fraction of sp³-hybridized carbons (Fsp3) is 0.0833. The predicted molar refractivity (Wildman–Crippen MR) is 55.1 cm³/mol. The van der Waals surface area contributed by atoms with Gasteiger partial charge in [-0.2, -0.15) is 0 Å². The van der Waals surface area contributed by atoms with Crippen LogP contribution in [-0.2, 0) is 0 Å². The molecule has 1 aromatic heterocycles. The van der Waals surface area contributed by atoms with E-state index in [-0.39, 0.29) is 5.82 Å². The second-order valence-electron chi connectivity index (χ2n) is 3.28. The van der Waals surface area contributed by atoms with E-state index >= 15 is 0 Å². The first kappa shape index (κ1) is 9.65. The summed E-state index contributed by atoms with van der Waals surface area (Å²) in [5, 5.41) is 0. The second kappa shape index (κ2) is 3.69. The van der Waals surface area contributed by atoms with Gasteiger partial charge in [-0.15, -0.1) is 0 Å². The highest BCUT2D eigenvalue weighted by atomic mass is 19.1. The Balaban J connectivity index is 2.54. The molecule has 0 saturated heterocycles. The first-order valence-electron chi connectivity index (χ1n) is 4.53. The van der Waals surface area contributed by atoms with E-state index in [2.05, 4.69) is 0 Å². The summed E-state index contributed by atoms with van der Waals surface area (Å²) in [5.74, 6) is 0.250. The topological polar surface area (TPSA) is 30.2 Å². The lowest BCUT2D eigenvalue weighted by Gasteiger charge is -2.01. The third-order valence-corrected chi connectivity index (χ3v) is 2.07. The van der Waals surface area contributed by atoms with Crippen molar-refractivity contribution in [2.45, 2.75) is 6.92 Å². The van der Waals surface area contributed by atoms with E-state index in [1.165, 1.54) is 18.2 Å². The molecular formula is C12H9FO2. The summed E-state index contributed by atoms with van der Waals surface area (Å²) in [6, 6.07) is 9.11. The van der Waals surface area contributed by atoms with Gasteiger partial charge in [-0.1, -0.05) is 12.1 Å². The largest absolute Gasteiger partial charge is 0.428 e. The van der Waals surface area contributed by atoms with E-state index in [1.54, 1.807) is 25.1 Å². The molecule has 0 spiro atoms.